The van der Waals surface area contributed by atoms with Crippen LogP contribution >= 0.6 is 11.3 Å². The fraction of sp³-hybridized carbons (Fsp3) is 0.0556. The van der Waals surface area contributed by atoms with Gasteiger partial charge in [-0.15, -0.1) is 11.3 Å². The zero-order valence-electron chi connectivity index (χ0n) is 12.6. The molecule has 0 spiro atoms. The molecule has 0 bridgehead atoms. The van der Waals surface area contributed by atoms with Crippen LogP contribution in [0.2, 0.25) is 0 Å². The molecule has 0 saturated heterocycles. The van der Waals surface area contributed by atoms with Crippen molar-refractivity contribution in [1.29, 1.82) is 0 Å². The average molecular weight is 335 g/mol. The van der Waals surface area contributed by atoms with E-state index in [2.05, 4.69) is 10.3 Å². The van der Waals surface area contributed by atoms with Crippen LogP contribution in [0.25, 0.3) is 0 Å². The summed E-state index contributed by atoms with van der Waals surface area (Å²) in [6, 6.07) is 12.1. The number of hydrogen-bond acceptors (Lipinski definition) is 6. The summed E-state index contributed by atoms with van der Waals surface area (Å²) in [7, 11) is 0. The van der Waals surface area contributed by atoms with Crippen molar-refractivity contribution in [3.63, 3.8) is 0 Å². The molecule has 5 nitrogen and oxygen atoms in total. The molecule has 0 radical (unpaired) electrons. The SMILES string of the molecule is NCc1csc(Nc2ccc3c(c2)C(=O)c2ccccc2C3=O)n1. The van der Waals surface area contributed by atoms with Gasteiger partial charge in [-0.25, -0.2) is 4.98 Å². The molecule has 6 heteroatoms. The first-order valence-corrected chi connectivity index (χ1v) is 8.29. The quantitative estimate of drug-likeness (QED) is 0.601. The molecule has 1 aromatic heterocycles. The molecule has 0 fully saturated rings. The highest BCUT2D eigenvalue weighted by Gasteiger charge is 2.29. The van der Waals surface area contributed by atoms with Crippen molar-refractivity contribution in [2.75, 3.05) is 5.32 Å². The third kappa shape index (κ3) is 2.33. The van der Waals surface area contributed by atoms with Gasteiger partial charge in [-0.2, -0.15) is 0 Å². The fourth-order valence-corrected chi connectivity index (χ4v) is 3.50. The molecular formula is C18H13N3O2S. The first-order valence-electron chi connectivity index (χ1n) is 7.41. The van der Waals surface area contributed by atoms with Crippen molar-refractivity contribution in [3.05, 3.63) is 75.8 Å². The Bertz CT molecular complexity index is 978. The second-order valence-electron chi connectivity index (χ2n) is 5.44. The lowest BCUT2D eigenvalue weighted by Gasteiger charge is -2.18. The first kappa shape index (κ1) is 14.7. The van der Waals surface area contributed by atoms with E-state index in [4.69, 9.17) is 5.73 Å². The minimum Gasteiger partial charge on any atom is -0.332 e. The summed E-state index contributed by atoms with van der Waals surface area (Å²) < 4.78 is 0. The molecule has 24 heavy (non-hydrogen) atoms. The smallest absolute Gasteiger partial charge is 0.194 e. The van der Waals surface area contributed by atoms with Gasteiger partial charge in [0.2, 0.25) is 0 Å². The van der Waals surface area contributed by atoms with Gasteiger partial charge in [0.1, 0.15) is 0 Å². The van der Waals surface area contributed by atoms with Crippen LogP contribution in [0.4, 0.5) is 10.8 Å². The van der Waals surface area contributed by atoms with Gasteiger partial charge in [0, 0.05) is 39.9 Å². The number of hydrogen-bond donors (Lipinski definition) is 2. The van der Waals surface area contributed by atoms with Gasteiger partial charge in [-0.05, 0) is 18.2 Å². The van der Waals surface area contributed by atoms with Crippen LogP contribution in [0.5, 0.6) is 0 Å². The van der Waals surface area contributed by atoms with Crippen molar-refractivity contribution < 1.29 is 9.59 Å². The van der Waals surface area contributed by atoms with Crippen molar-refractivity contribution in [3.8, 4) is 0 Å². The molecule has 3 N–H and O–H groups in total. The Kier molecular flexibility index (Phi) is 3.48. The summed E-state index contributed by atoms with van der Waals surface area (Å²) in [5, 5.41) is 5.74. The van der Waals surface area contributed by atoms with E-state index in [9.17, 15) is 9.59 Å². The van der Waals surface area contributed by atoms with Crippen molar-refractivity contribution in [2.24, 2.45) is 5.73 Å². The average Bonchev–Trinajstić information content (AvgIpc) is 3.07. The molecule has 0 amide bonds. The largest absolute Gasteiger partial charge is 0.332 e. The minimum atomic E-state index is -0.134. The zero-order valence-corrected chi connectivity index (χ0v) is 13.4. The van der Waals surface area contributed by atoms with Gasteiger partial charge >= 0.3 is 0 Å². The monoisotopic (exact) mass is 335 g/mol. The Morgan fingerprint density at radius 3 is 2.29 bits per heavy atom. The lowest BCUT2D eigenvalue weighted by atomic mass is 9.84. The number of nitrogens with zero attached hydrogens (tertiary/aromatic N) is 1. The van der Waals surface area contributed by atoms with E-state index < -0.39 is 0 Å². The van der Waals surface area contributed by atoms with E-state index in [1.807, 2.05) is 5.38 Å². The van der Waals surface area contributed by atoms with Crippen LogP contribution in [0, 0.1) is 0 Å². The fourth-order valence-electron chi connectivity index (χ4n) is 2.76. The Morgan fingerprint density at radius 2 is 1.62 bits per heavy atom. The molecule has 3 aromatic rings. The normalized spacial score (nSPS) is 12.7. The highest BCUT2D eigenvalue weighted by atomic mass is 32.1. The van der Waals surface area contributed by atoms with E-state index in [0.29, 0.717) is 39.6 Å². The van der Waals surface area contributed by atoms with E-state index in [1.54, 1.807) is 42.5 Å². The number of benzene rings is 2. The lowest BCUT2D eigenvalue weighted by molar-refractivity contribution is 0.0979. The molecule has 1 aliphatic carbocycles. The number of ketones is 2. The molecule has 118 valence electrons. The number of carbonyl (C=O) groups is 2. The standard InChI is InChI=1S/C18H13N3O2S/c19-8-11-9-24-18(21-11)20-10-5-6-14-15(7-10)17(23)13-4-2-1-3-12(13)16(14)22/h1-7,9H,8,19H2,(H,20,21). The van der Waals surface area contributed by atoms with Crippen LogP contribution in [0.15, 0.2) is 47.8 Å². The Morgan fingerprint density at radius 1 is 0.958 bits per heavy atom. The third-order valence-electron chi connectivity index (χ3n) is 3.94. The summed E-state index contributed by atoms with van der Waals surface area (Å²) in [5.74, 6) is -0.253. The molecule has 1 aliphatic rings. The number of nitrogens with two attached hydrogens (primary N) is 1. The van der Waals surface area contributed by atoms with E-state index in [-0.39, 0.29) is 11.6 Å². The maximum atomic E-state index is 12.7. The molecule has 0 saturated carbocycles. The number of anilines is 2. The highest BCUT2D eigenvalue weighted by Crippen LogP contribution is 2.30. The van der Waals surface area contributed by atoms with Gasteiger partial charge in [0.15, 0.2) is 16.7 Å². The topological polar surface area (TPSA) is 85.1 Å². The van der Waals surface area contributed by atoms with E-state index >= 15 is 0 Å². The predicted octanol–water partition coefficient (Wildman–Crippen LogP) is 3.12. The second kappa shape index (κ2) is 5.67. The number of aromatic nitrogens is 1. The number of rotatable bonds is 3. The molecule has 0 atom stereocenters. The number of fused-ring (bicyclic) bond motifs is 2. The summed E-state index contributed by atoms with van der Waals surface area (Å²) in [5.41, 5.74) is 8.85. The van der Waals surface area contributed by atoms with Crippen LogP contribution in [-0.4, -0.2) is 16.6 Å². The zero-order chi connectivity index (χ0) is 16.7. The van der Waals surface area contributed by atoms with Crippen molar-refractivity contribution in [1.82, 2.24) is 4.98 Å². The van der Waals surface area contributed by atoms with Crippen LogP contribution in [0.3, 0.4) is 0 Å². The van der Waals surface area contributed by atoms with Gasteiger partial charge in [-0.1, -0.05) is 24.3 Å². The summed E-state index contributed by atoms with van der Waals surface area (Å²) in [4.78, 5) is 29.6. The molecule has 1 heterocycles. The Labute approximate surface area is 142 Å². The highest BCUT2D eigenvalue weighted by molar-refractivity contribution is 7.13. The van der Waals surface area contributed by atoms with Crippen LogP contribution in [-0.2, 0) is 6.54 Å². The minimum absolute atomic E-state index is 0.119. The van der Waals surface area contributed by atoms with Gasteiger partial charge < -0.3 is 11.1 Å². The summed E-state index contributed by atoms with van der Waals surface area (Å²) in [6.45, 7) is 0.381. The number of carbonyl (C=O) groups excluding carboxylic acids is 2. The second-order valence-corrected chi connectivity index (χ2v) is 6.30. The molecular weight excluding hydrogens is 322 g/mol. The van der Waals surface area contributed by atoms with E-state index in [0.717, 1.165) is 5.69 Å². The maximum absolute atomic E-state index is 12.7. The summed E-state index contributed by atoms with van der Waals surface area (Å²) in [6.07, 6.45) is 0. The number of nitrogens with one attached hydrogen (secondary N) is 1. The Balaban J connectivity index is 1.72. The van der Waals surface area contributed by atoms with Crippen LogP contribution in [0.1, 0.15) is 37.5 Å². The molecule has 0 unspecified atom stereocenters. The van der Waals surface area contributed by atoms with Crippen molar-refractivity contribution >= 4 is 33.7 Å². The lowest BCUT2D eigenvalue weighted by Crippen LogP contribution is -2.20. The molecule has 4 rings (SSSR count). The van der Waals surface area contributed by atoms with Gasteiger partial charge in [-0.3, -0.25) is 9.59 Å². The van der Waals surface area contributed by atoms with Crippen molar-refractivity contribution in [2.45, 2.75) is 6.54 Å². The van der Waals surface area contributed by atoms with E-state index in [1.165, 1.54) is 11.3 Å². The predicted molar refractivity (Wildman–Crippen MR) is 93.0 cm³/mol. The maximum Gasteiger partial charge on any atom is 0.194 e. The van der Waals surface area contributed by atoms with Crippen LogP contribution < -0.4 is 11.1 Å². The van der Waals surface area contributed by atoms with Gasteiger partial charge in [0.25, 0.3) is 0 Å². The Hall–Kier alpha value is -2.83. The molecule has 0 aliphatic heterocycles. The van der Waals surface area contributed by atoms with Gasteiger partial charge in [0.05, 0.1) is 5.69 Å². The third-order valence-corrected chi connectivity index (χ3v) is 4.74. The molecule has 2 aromatic carbocycles. The summed E-state index contributed by atoms with van der Waals surface area (Å²) >= 11 is 1.44. The number of thiazole rings is 1. The first-order chi connectivity index (χ1) is 11.7.